The van der Waals surface area contributed by atoms with Crippen molar-refractivity contribution in [3.8, 4) is 0 Å². The number of nitrogens with zero attached hydrogens (tertiary/aromatic N) is 2. The molecule has 2 rings (SSSR count). The van der Waals surface area contributed by atoms with Crippen molar-refractivity contribution in [2.45, 2.75) is 58.8 Å². The largest absolute Gasteiger partial charge is 0.293 e. The molecule has 0 spiro atoms. The summed E-state index contributed by atoms with van der Waals surface area (Å²) in [6, 6.07) is 2.68. The van der Waals surface area contributed by atoms with E-state index in [1.165, 1.54) is 0 Å². The van der Waals surface area contributed by atoms with Gasteiger partial charge in [0.1, 0.15) is 0 Å². The van der Waals surface area contributed by atoms with Gasteiger partial charge in [-0.15, -0.1) is 0 Å². The minimum Gasteiger partial charge on any atom is -0.293 e. The fourth-order valence-electron chi connectivity index (χ4n) is 2.10. The Kier molecular flexibility index (Phi) is 3.49. The number of rotatable bonds is 1. The molecule has 0 unspecified atom stereocenters. The Labute approximate surface area is 124 Å². The lowest BCUT2D eigenvalue weighted by Gasteiger charge is -2.25. The minimum absolute atomic E-state index is 0.0221. The second-order valence-electron chi connectivity index (χ2n) is 7.51. The molecule has 108 valence electrons. The predicted octanol–water partition coefficient (Wildman–Crippen LogP) is 4.53. The van der Waals surface area contributed by atoms with E-state index in [9.17, 15) is 0 Å². The zero-order chi connectivity index (χ0) is 15.8. The quantitative estimate of drug-likeness (QED) is 0.736. The maximum Gasteiger partial charge on any atom is 0.0669 e. The van der Waals surface area contributed by atoms with Crippen molar-refractivity contribution in [1.29, 1.82) is 0 Å². The van der Waals surface area contributed by atoms with Crippen LogP contribution in [0.5, 0.6) is 0 Å². The topological polar surface area (TPSA) is 25.2 Å². The fraction of sp³-hybridized carbons (Fsp3) is 0.556. The van der Waals surface area contributed by atoms with Crippen LogP contribution in [0.1, 0.15) is 66.3 Å². The van der Waals surface area contributed by atoms with E-state index in [1.54, 1.807) is 0 Å². The van der Waals surface area contributed by atoms with Crippen molar-refractivity contribution in [3.63, 3.8) is 0 Å². The van der Waals surface area contributed by atoms with E-state index in [0.29, 0.717) is 12.6 Å². The average Bonchev–Trinajstić information content (AvgIpc) is 2.37. The Balaban J connectivity index is 2.66. The Hall–Kier alpha value is -1.44. The van der Waals surface area contributed by atoms with Gasteiger partial charge in [-0.1, -0.05) is 47.6 Å². The standard InChI is InChI=1S/C18H26N2/c1-17(2,3)14-11-15(13-7-9-19-10-8-13)20-16(12-14)18(4,5)6/h7,10-12H,8-9H2,1-6H3/i11D. The number of dihydropyridines is 1. The molecule has 0 amide bonds. The summed E-state index contributed by atoms with van der Waals surface area (Å²) in [7, 11) is 0. The van der Waals surface area contributed by atoms with Crippen LogP contribution in [0.25, 0.3) is 5.57 Å². The molecule has 0 saturated carbocycles. The van der Waals surface area contributed by atoms with Crippen molar-refractivity contribution < 1.29 is 1.37 Å². The number of aliphatic imine (C=N–C) groups is 1. The van der Waals surface area contributed by atoms with Gasteiger partial charge in [-0.25, -0.2) is 0 Å². The van der Waals surface area contributed by atoms with E-state index in [1.807, 2.05) is 6.21 Å². The lowest BCUT2D eigenvalue weighted by Crippen LogP contribution is -2.19. The molecule has 0 fully saturated rings. The van der Waals surface area contributed by atoms with Crippen molar-refractivity contribution in [2.75, 3.05) is 6.54 Å². The molecular weight excluding hydrogens is 244 g/mol. The normalized spacial score (nSPS) is 16.9. The molecule has 0 atom stereocenters. The van der Waals surface area contributed by atoms with E-state index < -0.39 is 0 Å². The molecule has 1 aliphatic rings. The van der Waals surface area contributed by atoms with Crippen molar-refractivity contribution in [2.24, 2.45) is 4.99 Å². The molecule has 0 saturated heterocycles. The third-order valence-electron chi connectivity index (χ3n) is 3.53. The van der Waals surface area contributed by atoms with Gasteiger partial charge in [0.15, 0.2) is 0 Å². The van der Waals surface area contributed by atoms with E-state index >= 15 is 0 Å². The molecular formula is C18H26N2. The number of hydrogen-bond acceptors (Lipinski definition) is 2. The van der Waals surface area contributed by atoms with Gasteiger partial charge >= 0.3 is 0 Å². The first-order valence-electron chi connectivity index (χ1n) is 7.81. The van der Waals surface area contributed by atoms with E-state index in [2.05, 4.69) is 58.7 Å². The summed E-state index contributed by atoms with van der Waals surface area (Å²) in [5.74, 6) is 0. The van der Waals surface area contributed by atoms with Crippen LogP contribution in [0.3, 0.4) is 0 Å². The molecule has 1 aliphatic heterocycles. The Morgan fingerprint density at radius 3 is 2.30 bits per heavy atom. The first-order chi connectivity index (χ1) is 9.60. The predicted molar refractivity (Wildman–Crippen MR) is 87.6 cm³/mol. The van der Waals surface area contributed by atoms with Crippen molar-refractivity contribution >= 4 is 11.8 Å². The van der Waals surface area contributed by atoms with Crippen LogP contribution in [-0.2, 0) is 10.8 Å². The highest BCUT2D eigenvalue weighted by molar-refractivity contribution is 5.80. The fourth-order valence-corrected chi connectivity index (χ4v) is 2.10. The van der Waals surface area contributed by atoms with Crippen LogP contribution in [0, 0.1) is 0 Å². The lowest BCUT2D eigenvalue weighted by atomic mass is 9.82. The molecule has 0 aromatic carbocycles. The summed E-state index contributed by atoms with van der Waals surface area (Å²) in [6.07, 6.45) is 4.80. The first-order valence-corrected chi connectivity index (χ1v) is 7.31. The molecule has 0 N–H and O–H groups in total. The molecule has 1 aromatic rings. The molecule has 20 heavy (non-hydrogen) atoms. The molecule has 1 aromatic heterocycles. The van der Waals surface area contributed by atoms with Gasteiger partial charge < -0.3 is 0 Å². The molecule has 0 radical (unpaired) electrons. The van der Waals surface area contributed by atoms with Gasteiger partial charge in [0, 0.05) is 23.7 Å². The zero-order valence-electron chi connectivity index (χ0n) is 14.5. The molecule has 2 heteroatoms. The SMILES string of the molecule is [2H]c1c(C(C)(C)C)cc(C(C)(C)C)nc1C1=CCN=CC1. The Morgan fingerprint density at radius 2 is 1.80 bits per heavy atom. The molecule has 2 nitrogen and oxygen atoms in total. The van der Waals surface area contributed by atoms with Crippen LogP contribution < -0.4 is 0 Å². The summed E-state index contributed by atoms with van der Waals surface area (Å²) in [5.41, 5.74) is 4.01. The second kappa shape index (κ2) is 5.16. The lowest BCUT2D eigenvalue weighted by molar-refractivity contribution is 0.551. The summed E-state index contributed by atoms with van der Waals surface area (Å²) in [4.78, 5) is 9.06. The van der Waals surface area contributed by atoms with Crippen LogP contribution in [0.4, 0.5) is 0 Å². The molecule has 0 bridgehead atoms. The van der Waals surface area contributed by atoms with Gasteiger partial charge in [0.25, 0.3) is 0 Å². The summed E-state index contributed by atoms with van der Waals surface area (Å²) >= 11 is 0. The van der Waals surface area contributed by atoms with Gasteiger partial charge in [-0.05, 0) is 28.7 Å². The second-order valence-corrected chi connectivity index (χ2v) is 7.51. The van der Waals surface area contributed by atoms with E-state index in [4.69, 9.17) is 6.35 Å². The molecule has 2 heterocycles. The van der Waals surface area contributed by atoms with Crippen molar-refractivity contribution in [1.82, 2.24) is 4.98 Å². The first kappa shape index (κ1) is 13.5. The number of pyridine rings is 1. The highest BCUT2D eigenvalue weighted by Crippen LogP contribution is 2.31. The zero-order valence-corrected chi connectivity index (χ0v) is 13.5. The van der Waals surface area contributed by atoms with E-state index in [-0.39, 0.29) is 10.8 Å². The number of aromatic nitrogens is 1. The highest BCUT2D eigenvalue weighted by atomic mass is 14.8. The van der Waals surface area contributed by atoms with Gasteiger partial charge in [0.05, 0.1) is 13.6 Å². The van der Waals surface area contributed by atoms with Crippen LogP contribution in [-0.4, -0.2) is 17.7 Å². The number of hydrogen-bond donors (Lipinski definition) is 0. The Bertz CT molecular complexity index is 599. The van der Waals surface area contributed by atoms with Crippen molar-refractivity contribution in [3.05, 3.63) is 35.1 Å². The average molecular weight is 271 g/mol. The van der Waals surface area contributed by atoms with Gasteiger partial charge in [-0.2, -0.15) is 0 Å². The summed E-state index contributed by atoms with van der Waals surface area (Å²) < 4.78 is 8.59. The molecule has 0 aliphatic carbocycles. The smallest absolute Gasteiger partial charge is 0.0669 e. The maximum absolute atomic E-state index is 8.59. The minimum atomic E-state index is -0.0575. The monoisotopic (exact) mass is 271 g/mol. The third-order valence-corrected chi connectivity index (χ3v) is 3.53. The van der Waals surface area contributed by atoms with Crippen LogP contribution >= 0.6 is 0 Å². The van der Waals surface area contributed by atoms with Gasteiger partial charge in [0.2, 0.25) is 0 Å². The number of allylic oxidation sites excluding steroid dienone is 1. The van der Waals surface area contributed by atoms with E-state index in [0.717, 1.165) is 28.9 Å². The Morgan fingerprint density at radius 1 is 1.10 bits per heavy atom. The highest BCUT2D eigenvalue weighted by Gasteiger charge is 2.22. The van der Waals surface area contributed by atoms with Crippen LogP contribution in [0.2, 0.25) is 0 Å². The maximum atomic E-state index is 8.59. The third kappa shape index (κ3) is 3.36. The summed E-state index contributed by atoms with van der Waals surface area (Å²) in [5, 5.41) is 0. The van der Waals surface area contributed by atoms with Crippen LogP contribution in [0.15, 0.2) is 23.2 Å². The van der Waals surface area contributed by atoms with Gasteiger partial charge in [-0.3, -0.25) is 9.98 Å². The summed E-state index contributed by atoms with van der Waals surface area (Å²) in [6.45, 7) is 13.7.